The maximum absolute atomic E-state index is 11.0. The Balaban J connectivity index is 2.17. The van der Waals surface area contributed by atoms with Crippen molar-refractivity contribution in [3.05, 3.63) is 0 Å². The fraction of sp³-hybridized carbons (Fsp3) is 0.944. The van der Waals surface area contributed by atoms with Crippen LogP contribution in [0.5, 0.6) is 0 Å². The van der Waals surface area contributed by atoms with Gasteiger partial charge < -0.3 is 79.9 Å². The molecule has 2 aliphatic rings. The Hall–Kier alpha value is -0.930. The quantitative estimate of drug-likeness (QED) is 0.117. The van der Waals surface area contributed by atoms with Gasteiger partial charge >= 0.3 is 0 Å². The van der Waals surface area contributed by atoms with Gasteiger partial charge in [0.1, 0.15) is 73.2 Å². The highest BCUT2D eigenvalue weighted by Gasteiger charge is 2.51. The SMILES string of the molecule is O=C[C@H](O)[C@@H](O[C@H]1O[C@H](CO)[C@H](O[C@H]2O[C@H](CO)[C@H](O)[C@H](O)[C@H]2O)[C@H](O)[C@H]1O)[C@@H](O)[C@H](O)CO. The zero-order valence-corrected chi connectivity index (χ0v) is 17.7. The van der Waals surface area contributed by atoms with Gasteiger partial charge in [0.2, 0.25) is 0 Å². The minimum atomic E-state index is -2.06. The largest absolute Gasteiger partial charge is 0.394 e. The fourth-order valence-corrected chi connectivity index (χ4v) is 3.59. The highest BCUT2D eigenvalue weighted by Crippen LogP contribution is 2.30. The van der Waals surface area contributed by atoms with Gasteiger partial charge in [-0.2, -0.15) is 0 Å². The lowest BCUT2D eigenvalue weighted by atomic mass is 9.96. The molecule has 16 nitrogen and oxygen atoms in total. The summed E-state index contributed by atoms with van der Waals surface area (Å²) in [5.74, 6) is 0. The Bertz CT molecular complexity index is 621. The molecule has 0 aromatic rings. The van der Waals surface area contributed by atoms with Crippen molar-refractivity contribution in [3.63, 3.8) is 0 Å². The molecule has 0 bridgehead atoms. The number of hydrogen-bond donors (Lipinski definition) is 11. The molecule has 0 amide bonds. The van der Waals surface area contributed by atoms with Crippen molar-refractivity contribution in [2.24, 2.45) is 0 Å². The molecule has 0 aromatic heterocycles. The normalized spacial score (nSPS) is 42.6. The third-order valence-corrected chi connectivity index (χ3v) is 5.65. The molecule has 14 atom stereocenters. The third-order valence-electron chi connectivity index (χ3n) is 5.65. The van der Waals surface area contributed by atoms with E-state index in [-0.39, 0.29) is 6.29 Å². The first-order valence-corrected chi connectivity index (χ1v) is 10.4. The van der Waals surface area contributed by atoms with E-state index in [1.54, 1.807) is 0 Å². The number of carbonyl (C=O) groups excluding carboxylic acids is 1. The molecule has 0 radical (unpaired) electrons. The number of aldehydes is 1. The van der Waals surface area contributed by atoms with Gasteiger partial charge in [-0.05, 0) is 0 Å². The summed E-state index contributed by atoms with van der Waals surface area (Å²) in [5.41, 5.74) is 0. The summed E-state index contributed by atoms with van der Waals surface area (Å²) in [4.78, 5) is 11.0. The molecule has 0 aromatic carbocycles. The fourth-order valence-electron chi connectivity index (χ4n) is 3.59. The summed E-state index contributed by atoms with van der Waals surface area (Å²) in [6.07, 6.45) is -25.4. The minimum Gasteiger partial charge on any atom is -0.394 e. The summed E-state index contributed by atoms with van der Waals surface area (Å²) in [6.45, 7) is -2.62. The van der Waals surface area contributed by atoms with Crippen LogP contribution in [0.1, 0.15) is 0 Å². The highest BCUT2D eigenvalue weighted by molar-refractivity contribution is 5.56. The van der Waals surface area contributed by atoms with Gasteiger partial charge in [-0.3, -0.25) is 0 Å². The van der Waals surface area contributed by atoms with Crippen molar-refractivity contribution in [2.75, 3.05) is 19.8 Å². The Morgan fingerprint density at radius 2 is 1.32 bits per heavy atom. The van der Waals surface area contributed by atoms with Crippen LogP contribution >= 0.6 is 0 Å². The van der Waals surface area contributed by atoms with Gasteiger partial charge in [-0.15, -0.1) is 0 Å². The van der Waals surface area contributed by atoms with E-state index >= 15 is 0 Å². The number of ether oxygens (including phenoxy) is 4. The summed E-state index contributed by atoms with van der Waals surface area (Å²) in [5, 5.41) is 108. The van der Waals surface area contributed by atoms with Gasteiger partial charge in [0.05, 0.1) is 19.8 Å². The van der Waals surface area contributed by atoms with Gasteiger partial charge in [0, 0.05) is 0 Å². The second kappa shape index (κ2) is 12.9. The number of hydrogen-bond acceptors (Lipinski definition) is 16. The van der Waals surface area contributed by atoms with Crippen LogP contribution in [0.25, 0.3) is 0 Å². The number of carbonyl (C=O) groups is 1. The van der Waals surface area contributed by atoms with Crippen LogP contribution < -0.4 is 0 Å². The molecule has 0 spiro atoms. The number of aliphatic hydroxyl groups excluding tert-OH is 11. The van der Waals surface area contributed by atoms with E-state index in [0.717, 1.165) is 0 Å². The smallest absolute Gasteiger partial charge is 0.187 e. The summed E-state index contributed by atoms with van der Waals surface area (Å²) in [6, 6.07) is 0. The predicted molar refractivity (Wildman–Crippen MR) is 102 cm³/mol. The zero-order chi connectivity index (χ0) is 25.7. The first kappa shape index (κ1) is 29.3. The molecule has 2 fully saturated rings. The molecule has 34 heavy (non-hydrogen) atoms. The molecule has 0 saturated carbocycles. The van der Waals surface area contributed by atoms with E-state index in [9.17, 15) is 55.9 Å². The molecular formula is C18H32O16. The van der Waals surface area contributed by atoms with Crippen molar-refractivity contribution in [1.29, 1.82) is 0 Å². The van der Waals surface area contributed by atoms with Crippen molar-refractivity contribution in [3.8, 4) is 0 Å². The van der Waals surface area contributed by atoms with Crippen molar-refractivity contribution < 1.29 is 79.9 Å². The van der Waals surface area contributed by atoms with Crippen molar-refractivity contribution in [1.82, 2.24) is 0 Å². The van der Waals surface area contributed by atoms with Crippen LogP contribution in [0.2, 0.25) is 0 Å². The average Bonchev–Trinajstić information content (AvgIpc) is 2.84. The van der Waals surface area contributed by atoms with Crippen LogP contribution in [0.4, 0.5) is 0 Å². The Kier molecular flexibility index (Phi) is 11.1. The highest BCUT2D eigenvalue weighted by atomic mass is 16.7. The minimum absolute atomic E-state index is 0.0574. The standard InChI is InChI=1S/C18H32O16/c19-1-5(23)9(25)15(6(24)2-20)33-18-14(30)12(28)16(8(4-22)32-18)34-17-13(29)11(27)10(26)7(3-21)31-17/h2,5-19,21-30H,1,3-4H2/t5-,6+,7-,8-,9+,10+,11+,12-,13-,14-,15-,16+,17-,18-/m1/s1. The molecule has 11 N–H and O–H groups in total. The van der Waals surface area contributed by atoms with Crippen LogP contribution in [0.15, 0.2) is 0 Å². The second-order valence-corrected chi connectivity index (χ2v) is 7.97. The molecule has 0 aliphatic carbocycles. The second-order valence-electron chi connectivity index (χ2n) is 7.97. The third kappa shape index (κ3) is 6.25. The predicted octanol–water partition coefficient (Wildman–Crippen LogP) is -7.73. The Labute approximate surface area is 192 Å². The molecule has 2 heterocycles. The van der Waals surface area contributed by atoms with E-state index in [0.29, 0.717) is 0 Å². The van der Waals surface area contributed by atoms with Gasteiger partial charge in [-0.1, -0.05) is 0 Å². The zero-order valence-electron chi connectivity index (χ0n) is 17.7. The van der Waals surface area contributed by atoms with Gasteiger partial charge in [-0.25, -0.2) is 0 Å². The van der Waals surface area contributed by atoms with E-state index in [2.05, 4.69) is 0 Å². The number of aliphatic hydroxyl groups is 11. The van der Waals surface area contributed by atoms with Crippen molar-refractivity contribution >= 4 is 6.29 Å². The lowest BCUT2D eigenvalue weighted by Crippen LogP contribution is -2.65. The average molecular weight is 504 g/mol. The molecule has 0 unspecified atom stereocenters. The first-order valence-electron chi connectivity index (χ1n) is 10.4. The lowest BCUT2D eigenvalue weighted by Gasteiger charge is -2.46. The summed E-state index contributed by atoms with van der Waals surface area (Å²) >= 11 is 0. The van der Waals surface area contributed by atoms with Gasteiger partial charge in [0.15, 0.2) is 18.9 Å². The summed E-state index contributed by atoms with van der Waals surface area (Å²) in [7, 11) is 0. The Morgan fingerprint density at radius 3 is 1.85 bits per heavy atom. The molecule has 16 heteroatoms. The molecule has 2 aliphatic heterocycles. The number of rotatable bonds is 11. The van der Waals surface area contributed by atoms with Crippen molar-refractivity contribution in [2.45, 2.75) is 85.8 Å². The maximum atomic E-state index is 11.0. The van der Waals surface area contributed by atoms with Crippen LogP contribution in [-0.2, 0) is 23.7 Å². The topological polar surface area (TPSA) is 277 Å². The van der Waals surface area contributed by atoms with Crippen LogP contribution in [-0.4, -0.2) is 168 Å². The molecular weight excluding hydrogens is 472 g/mol. The van der Waals surface area contributed by atoms with Gasteiger partial charge in [0.25, 0.3) is 0 Å². The maximum Gasteiger partial charge on any atom is 0.187 e. The van der Waals surface area contributed by atoms with E-state index in [4.69, 9.17) is 24.1 Å². The van der Waals surface area contributed by atoms with Crippen LogP contribution in [0, 0.1) is 0 Å². The lowest BCUT2D eigenvalue weighted by molar-refractivity contribution is -0.367. The Morgan fingerprint density at radius 1 is 0.765 bits per heavy atom. The molecule has 2 saturated heterocycles. The van der Waals surface area contributed by atoms with E-state index < -0.39 is 106 Å². The van der Waals surface area contributed by atoms with Crippen LogP contribution in [0.3, 0.4) is 0 Å². The van der Waals surface area contributed by atoms with E-state index in [1.807, 2.05) is 0 Å². The molecule has 2 rings (SSSR count). The molecule has 200 valence electrons. The van der Waals surface area contributed by atoms with E-state index in [1.165, 1.54) is 0 Å². The first-order chi connectivity index (χ1) is 16.0. The monoisotopic (exact) mass is 504 g/mol. The summed E-state index contributed by atoms with van der Waals surface area (Å²) < 4.78 is 21.0.